The lowest BCUT2D eigenvalue weighted by atomic mass is 10.0. The summed E-state index contributed by atoms with van der Waals surface area (Å²) >= 11 is 0. The zero-order valence-corrected chi connectivity index (χ0v) is 56.6. The molecule has 0 saturated heterocycles. The molecule has 0 aliphatic carbocycles. The van der Waals surface area contributed by atoms with E-state index in [2.05, 4.69) is 74.7 Å². The predicted octanol–water partition coefficient (Wildman–Crippen LogP) is 22.6. The van der Waals surface area contributed by atoms with Crippen molar-refractivity contribution in [1.29, 1.82) is 0 Å². The van der Waals surface area contributed by atoms with Crippen LogP contribution in [0.1, 0.15) is 342 Å². The van der Waals surface area contributed by atoms with Crippen LogP contribution in [0.5, 0.6) is 0 Å². The Hall–Kier alpha value is -2.29. The van der Waals surface area contributed by atoms with E-state index in [-0.39, 0.29) is 25.1 Å². The average molecular weight is 1190 g/mol. The molecule has 0 aromatic carbocycles. The standard InChI is InChI=1S/C73H137N2O7P/c1-7-10-13-16-19-22-25-27-29-31-33-34-35-36-37-38-39-40-42-43-45-47-50-53-56-59-62-65-72(76)74-70(69-81-83(78,79)80-68-67-75(4,5)6)71(64-61-58-55-52-49-24-21-18-15-12-9-3)82-73(77)66-63-60-57-54-51-48-46-44-41-32-30-28-26-23-20-17-14-11-8-2/h19,22,27,29,33-34,36-37,61,64,70-71H,7-18,20-21,23-26,28,30-32,35,38-60,62-63,65-69H2,1-6H3,(H-,74,76,78,79)/p+1/b22-19-,29-27-,34-33-,37-36-,64-61-. The summed E-state index contributed by atoms with van der Waals surface area (Å²) in [7, 11) is 1.50. The van der Waals surface area contributed by atoms with Crippen molar-refractivity contribution in [2.24, 2.45) is 0 Å². The van der Waals surface area contributed by atoms with Crippen molar-refractivity contribution >= 4 is 19.7 Å². The molecule has 10 heteroatoms. The van der Waals surface area contributed by atoms with Gasteiger partial charge in [0.2, 0.25) is 5.91 Å². The molecule has 9 nitrogen and oxygen atoms in total. The molecule has 2 N–H and O–H groups in total. The van der Waals surface area contributed by atoms with Gasteiger partial charge >= 0.3 is 13.8 Å². The third-order valence-electron chi connectivity index (χ3n) is 16.0. The molecule has 83 heavy (non-hydrogen) atoms. The molecule has 0 aromatic heterocycles. The number of nitrogens with one attached hydrogen (secondary N) is 1. The summed E-state index contributed by atoms with van der Waals surface area (Å²) in [6.07, 6.45) is 80.9. The molecule has 0 spiro atoms. The monoisotopic (exact) mass is 1190 g/mol. The largest absolute Gasteiger partial charge is 0.472 e. The summed E-state index contributed by atoms with van der Waals surface area (Å²) in [5.74, 6) is -0.495. The van der Waals surface area contributed by atoms with Crippen LogP contribution in [0.2, 0.25) is 0 Å². The van der Waals surface area contributed by atoms with Crippen molar-refractivity contribution in [3.63, 3.8) is 0 Å². The number of allylic oxidation sites excluding steroid dienone is 9. The van der Waals surface area contributed by atoms with Gasteiger partial charge in [0.15, 0.2) is 0 Å². The summed E-state index contributed by atoms with van der Waals surface area (Å²) in [5, 5.41) is 3.07. The van der Waals surface area contributed by atoms with Crippen LogP contribution in [-0.4, -0.2) is 74.3 Å². The van der Waals surface area contributed by atoms with Gasteiger partial charge in [-0.3, -0.25) is 18.6 Å². The van der Waals surface area contributed by atoms with Crippen LogP contribution in [0.15, 0.2) is 60.8 Å². The smallest absolute Gasteiger partial charge is 0.456 e. The number of unbranched alkanes of at least 4 members (excludes halogenated alkanes) is 41. The van der Waals surface area contributed by atoms with Gasteiger partial charge in [0.1, 0.15) is 19.3 Å². The van der Waals surface area contributed by atoms with Gasteiger partial charge in [-0.25, -0.2) is 4.57 Å². The van der Waals surface area contributed by atoms with E-state index in [0.29, 0.717) is 23.9 Å². The summed E-state index contributed by atoms with van der Waals surface area (Å²) in [6, 6.07) is -0.849. The van der Waals surface area contributed by atoms with Gasteiger partial charge in [0.25, 0.3) is 0 Å². The first-order valence-electron chi connectivity index (χ1n) is 35.6. The molecule has 3 atom stereocenters. The maximum atomic E-state index is 13.6. The van der Waals surface area contributed by atoms with Crippen LogP contribution in [0, 0.1) is 0 Å². The van der Waals surface area contributed by atoms with Gasteiger partial charge in [0.05, 0.1) is 33.8 Å². The number of carbonyl (C=O) groups is 2. The van der Waals surface area contributed by atoms with E-state index < -0.39 is 20.0 Å². The molecule has 486 valence electrons. The molecule has 0 rings (SSSR count). The number of quaternary nitrogens is 1. The number of phosphoric ester groups is 1. The van der Waals surface area contributed by atoms with Crippen LogP contribution in [0.4, 0.5) is 0 Å². The Kier molecular flexibility index (Phi) is 61.0. The number of hydrogen-bond donors (Lipinski definition) is 2. The number of rotatable bonds is 65. The Morgan fingerprint density at radius 2 is 0.735 bits per heavy atom. The number of hydrogen-bond acceptors (Lipinski definition) is 6. The molecule has 0 fully saturated rings. The zero-order chi connectivity index (χ0) is 60.7. The van der Waals surface area contributed by atoms with Gasteiger partial charge in [-0.15, -0.1) is 0 Å². The average Bonchev–Trinajstić information content (AvgIpc) is 3.51. The van der Waals surface area contributed by atoms with Gasteiger partial charge in [-0.1, -0.05) is 313 Å². The third kappa shape index (κ3) is 64.0. The van der Waals surface area contributed by atoms with E-state index in [1.807, 2.05) is 33.3 Å². The number of likely N-dealkylation sites (N-methyl/N-ethyl adjacent to an activating group) is 1. The first kappa shape index (κ1) is 80.7. The number of esters is 1. The molecular weight excluding hydrogens is 1050 g/mol. The molecule has 0 saturated carbocycles. The van der Waals surface area contributed by atoms with E-state index in [4.69, 9.17) is 13.8 Å². The minimum Gasteiger partial charge on any atom is -0.456 e. The van der Waals surface area contributed by atoms with Crippen LogP contribution in [0.25, 0.3) is 0 Å². The van der Waals surface area contributed by atoms with Gasteiger partial charge in [-0.2, -0.15) is 0 Å². The summed E-state index contributed by atoms with van der Waals surface area (Å²) < 4.78 is 30.8. The number of carbonyl (C=O) groups excluding carboxylic acids is 2. The summed E-state index contributed by atoms with van der Waals surface area (Å²) in [5.41, 5.74) is 0. The summed E-state index contributed by atoms with van der Waals surface area (Å²) in [4.78, 5) is 37.9. The highest BCUT2D eigenvalue weighted by molar-refractivity contribution is 7.47. The normalized spacial score (nSPS) is 13.9. The Morgan fingerprint density at radius 1 is 0.422 bits per heavy atom. The Morgan fingerprint density at radius 3 is 1.12 bits per heavy atom. The van der Waals surface area contributed by atoms with Crippen molar-refractivity contribution in [3.8, 4) is 0 Å². The lowest BCUT2D eigenvalue weighted by Crippen LogP contribution is -2.47. The minimum atomic E-state index is -4.45. The van der Waals surface area contributed by atoms with E-state index in [9.17, 15) is 19.0 Å². The Balaban J connectivity index is 5.00. The predicted molar refractivity (Wildman–Crippen MR) is 360 cm³/mol. The summed E-state index contributed by atoms with van der Waals surface area (Å²) in [6.45, 7) is 7.02. The first-order chi connectivity index (χ1) is 40.4. The SMILES string of the molecule is CCCCC/C=C\C/C=C\C/C=C\C/C=C\CCCCCCCCCCCCCC(=O)NC(COP(=O)(O)OCC[N+](C)(C)C)C(/C=C\CCCCCCCCCCC)OC(=O)CCCCCCCCCCCCCCCCCCCCC. The lowest BCUT2D eigenvalue weighted by Gasteiger charge is -2.27. The molecule has 0 aliphatic heterocycles. The van der Waals surface area contributed by atoms with Crippen LogP contribution in [0.3, 0.4) is 0 Å². The minimum absolute atomic E-state index is 0.0403. The molecule has 0 bridgehead atoms. The Bertz CT molecular complexity index is 1600. The second-order valence-corrected chi connectivity index (χ2v) is 26.9. The second kappa shape index (κ2) is 62.8. The number of nitrogens with zero attached hydrogens (tertiary/aromatic N) is 1. The third-order valence-corrected chi connectivity index (χ3v) is 16.9. The molecule has 0 heterocycles. The fourth-order valence-corrected chi connectivity index (χ4v) is 11.2. The van der Waals surface area contributed by atoms with E-state index in [1.165, 1.54) is 231 Å². The zero-order valence-electron chi connectivity index (χ0n) is 55.7. The van der Waals surface area contributed by atoms with Crippen molar-refractivity contribution in [1.82, 2.24) is 5.32 Å². The maximum Gasteiger partial charge on any atom is 0.472 e. The van der Waals surface area contributed by atoms with Crippen LogP contribution in [-0.2, 0) is 27.9 Å². The topological polar surface area (TPSA) is 111 Å². The van der Waals surface area contributed by atoms with Gasteiger partial charge < -0.3 is 19.4 Å². The Labute approximate surface area is 515 Å². The van der Waals surface area contributed by atoms with E-state index in [1.54, 1.807) is 0 Å². The van der Waals surface area contributed by atoms with Crippen molar-refractivity contribution in [3.05, 3.63) is 60.8 Å². The molecular formula is C73H138N2O7P+. The van der Waals surface area contributed by atoms with Gasteiger partial charge in [0, 0.05) is 12.8 Å². The fraction of sp³-hybridized carbons (Fsp3) is 0.836. The maximum absolute atomic E-state index is 13.6. The quantitative estimate of drug-likeness (QED) is 0.0205. The molecule has 1 amide bonds. The second-order valence-electron chi connectivity index (χ2n) is 25.4. The van der Waals surface area contributed by atoms with Crippen molar-refractivity contribution in [2.75, 3.05) is 40.9 Å². The molecule has 0 radical (unpaired) electrons. The van der Waals surface area contributed by atoms with Gasteiger partial charge in [-0.05, 0) is 76.7 Å². The number of amides is 1. The van der Waals surface area contributed by atoms with Crippen LogP contribution >= 0.6 is 7.82 Å². The number of phosphoric acid groups is 1. The van der Waals surface area contributed by atoms with E-state index in [0.717, 1.165) is 77.0 Å². The van der Waals surface area contributed by atoms with Crippen molar-refractivity contribution in [2.45, 2.75) is 354 Å². The van der Waals surface area contributed by atoms with E-state index >= 15 is 0 Å². The first-order valence-corrected chi connectivity index (χ1v) is 37.1. The highest BCUT2D eigenvalue weighted by Gasteiger charge is 2.30. The van der Waals surface area contributed by atoms with Crippen LogP contribution < -0.4 is 5.32 Å². The lowest BCUT2D eigenvalue weighted by molar-refractivity contribution is -0.870. The molecule has 3 unspecified atom stereocenters. The fourth-order valence-electron chi connectivity index (χ4n) is 10.5. The number of ether oxygens (including phenoxy) is 1. The highest BCUT2D eigenvalue weighted by Crippen LogP contribution is 2.43. The highest BCUT2D eigenvalue weighted by atomic mass is 31.2. The van der Waals surface area contributed by atoms with Crippen molar-refractivity contribution < 1.29 is 37.3 Å². The molecule has 0 aromatic rings. The molecule has 0 aliphatic rings.